The van der Waals surface area contributed by atoms with Crippen molar-refractivity contribution in [2.24, 2.45) is 5.92 Å². The highest BCUT2D eigenvalue weighted by molar-refractivity contribution is 9.10. The van der Waals surface area contributed by atoms with Gasteiger partial charge in [-0.05, 0) is 36.5 Å². The van der Waals surface area contributed by atoms with Crippen LogP contribution in [0.2, 0.25) is 0 Å². The SMILES string of the molecule is O[C@H]1CC(C2CCCSC2)Oc2cc(Br)ccc21. The number of hydrogen-bond donors (Lipinski definition) is 1. The Bertz CT molecular complexity index is 432. The Hall–Kier alpha value is -0.190. The monoisotopic (exact) mass is 328 g/mol. The average Bonchev–Trinajstić information content (AvgIpc) is 2.39. The lowest BCUT2D eigenvalue weighted by atomic mass is 9.89. The Morgan fingerprint density at radius 2 is 2.28 bits per heavy atom. The summed E-state index contributed by atoms with van der Waals surface area (Å²) in [6.45, 7) is 0. The highest BCUT2D eigenvalue weighted by atomic mass is 79.9. The zero-order chi connectivity index (χ0) is 12.5. The van der Waals surface area contributed by atoms with E-state index in [0.717, 1.165) is 22.2 Å². The van der Waals surface area contributed by atoms with Crippen LogP contribution < -0.4 is 4.74 Å². The van der Waals surface area contributed by atoms with E-state index in [0.29, 0.717) is 5.92 Å². The topological polar surface area (TPSA) is 29.5 Å². The molecular formula is C14H17BrO2S. The first-order valence-corrected chi connectivity index (χ1v) is 8.41. The van der Waals surface area contributed by atoms with Crippen LogP contribution in [0.25, 0.3) is 0 Å². The number of ether oxygens (including phenoxy) is 1. The molecule has 0 aromatic heterocycles. The lowest BCUT2D eigenvalue weighted by molar-refractivity contribution is 0.0367. The van der Waals surface area contributed by atoms with Crippen LogP contribution in [-0.2, 0) is 0 Å². The van der Waals surface area contributed by atoms with Crippen molar-refractivity contribution >= 4 is 27.7 Å². The number of hydrogen-bond acceptors (Lipinski definition) is 3. The van der Waals surface area contributed by atoms with Crippen molar-refractivity contribution in [3.8, 4) is 5.75 Å². The van der Waals surface area contributed by atoms with E-state index in [4.69, 9.17) is 4.74 Å². The van der Waals surface area contributed by atoms with Gasteiger partial charge in [0.05, 0.1) is 6.10 Å². The number of aliphatic hydroxyl groups excluding tert-OH is 1. The summed E-state index contributed by atoms with van der Waals surface area (Å²) in [6.07, 6.45) is 3.04. The summed E-state index contributed by atoms with van der Waals surface area (Å²) >= 11 is 5.47. The van der Waals surface area contributed by atoms with Crippen LogP contribution in [0.3, 0.4) is 0 Å². The Labute approximate surface area is 120 Å². The van der Waals surface area contributed by atoms with Crippen molar-refractivity contribution in [3.63, 3.8) is 0 Å². The summed E-state index contributed by atoms with van der Waals surface area (Å²) in [5.41, 5.74) is 0.929. The molecule has 1 aromatic rings. The van der Waals surface area contributed by atoms with E-state index in [2.05, 4.69) is 15.9 Å². The van der Waals surface area contributed by atoms with Gasteiger partial charge in [-0.3, -0.25) is 0 Å². The van der Waals surface area contributed by atoms with Crippen molar-refractivity contribution < 1.29 is 9.84 Å². The maximum atomic E-state index is 10.3. The zero-order valence-corrected chi connectivity index (χ0v) is 12.5. The smallest absolute Gasteiger partial charge is 0.126 e. The molecule has 0 aliphatic carbocycles. The molecule has 1 saturated heterocycles. The molecule has 0 saturated carbocycles. The molecule has 0 bridgehead atoms. The molecular weight excluding hydrogens is 312 g/mol. The van der Waals surface area contributed by atoms with E-state index in [-0.39, 0.29) is 12.2 Å². The maximum Gasteiger partial charge on any atom is 0.126 e. The molecule has 1 N–H and O–H groups in total. The molecule has 98 valence electrons. The standard InChI is InChI=1S/C14H17BrO2S/c15-10-3-4-11-12(16)7-13(17-14(11)6-10)9-2-1-5-18-8-9/h3-4,6,9,12-13,16H,1-2,5,7-8H2/t9?,12-,13?/m0/s1. The van der Waals surface area contributed by atoms with Crippen molar-refractivity contribution in [2.45, 2.75) is 31.5 Å². The lowest BCUT2D eigenvalue weighted by Gasteiger charge is -2.36. The van der Waals surface area contributed by atoms with E-state index in [1.165, 1.54) is 24.3 Å². The number of rotatable bonds is 1. The third-order valence-corrected chi connectivity index (χ3v) is 5.52. The lowest BCUT2D eigenvalue weighted by Crippen LogP contribution is -2.35. The normalized spacial score (nSPS) is 31.6. The molecule has 0 radical (unpaired) electrons. The molecule has 3 atom stereocenters. The van der Waals surface area contributed by atoms with Gasteiger partial charge in [-0.2, -0.15) is 11.8 Å². The van der Waals surface area contributed by atoms with Crippen molar-refractivity contribution in [1.29, 1.82) is 0 Å². The first kappa shape index (κ1) is 12.8. The van der Waals surface area contributed by atoms with Crippen LogP contribution in [0.15, 0.2) is 22.7 Å². The van der Waals surface area contributed by atoms with E-state index in [1.807, 2.05) is 30.0 Å². The van der Waals surface area contributed by atoms with Crippen LogP contribution >= 0.6 is 27.7 Å². The summed E-state index contributed by atoms with van der Waals surface area (Å²) in [5.74, 6) is 3.88. The number of fused-ring (bicyclic) bond motifs is 1. The minimum absolute atomic E-state index is 0.176. The van der Waals surface area contributed by atoms with Gasteiger partial charge in [0, 0.05) is 22.4 Å². The zero-order valence-electron chi connectivity index (χ0n) is 10.1. The number of thioether (sulfide) groups is 1. The minimum atomic E-state index is -0.376. The van der Waals surface area contributed by atoms with E-state index in [1.54, 1.807) is 0 Å². The molecule has 2 heterocycles. The first-order valence-electron chi connectivity index (χ1n) is 6.46. The molecule has 0 spiro atoms. The summed E-state index contributed by atoms with van der Waals surface area (Å²) in [7, 11) is 0. The van der Waals surface area contributed by atoms with Gasteiger partial charge in [-0.1, -0.05) is 22.0 Å². The summed E-state index contributed by atoms with van der Waals surface area (Å²) < 4.78 is 7.13. The van der Waals surface area contributed by atoms with Crippen LogP contribution in [-0.4, -0.2) is 22.7 Å². The molecule has 1 aromatic carbocycles. The molecule has 2 aliphatic rings. The maximum absolute atomic E-state index is 10.3. The van der Waals surface area contributed by atoms with Crippen molar-refractivity contribution in [2.75, 3.05) is 11.5 Å². The van der Waals surface area contributed by atoms with Gasteiger partial charge in [0.15, 0.2) is 0 Å². The predicted octanol–water partition coefficient (Wildman–Crippen LogP) is 3.78. The second kappa shape index (κ2) is 5.43. The third-order valence-electron chi connectivity index (χ3n) is 3.79. The Kier molecular flexibility index (Phi) is 3.87. The molecule has 2 aliphatic heterocycles. The van der Waals surface area contributed by atoms with E-state index < -0.39 is 0 Å². The molecule has 2 nitrogen and oxygen atoms in total. The molecule has 3 rings (SSSR count). The Morgan fingerprint density at radius 3 is 3.06 bits per heavy atom. The van der Waals surface area contributed by atoms with Gasteiger partial charge in [0.1, 0.15) is 11.9 Å². The van der Waals surface area contributed by atoms with Crippen molar-refractivity contribution in [1.82, 2.24) is 0 Å². The highest BCUT2D eigenvalue weighted by Gasteiger charge is 2.33. The number of aliphatic hydroxyl groups is 1. The fraction of sp³-hybridized carbons (Fsp3) is 0.571. The van der Waals surface area contributed by atoms with Gasteiger partial charge in [0.25, 0.3) is 0 Å². The van der Waals surface area contributed by atoms with Crippen LogP contribution in [0, 0.1) is 5.92 Å². The molecule has 18 heavy (non-hydrogen) atoms. The van der Waals surface area contributed by atoms with Gasteiger partial charge in [-0.25, -0.2) is 0 Å². The fourth-order valence-corrected chi connectivity index (χ4v) is 4.35. The number of halogens is 1. The highest BCUT2D eigenvalue weighted by Crippen LogP contribution is 2.40. The second-order valence-corrected chi connectivity index (χ2v) is 7.13. The van der Waals surface area contributed by atoms with E-state index in [9.17, 15) is 5.11 Å². The first-order chi connectivity index (χ1) is 8.74. The number of benzene rings is 1. The average molecular weight is 329 g/mol. The second-order valence-electron chi connectivity index (χ2n) is 5.07. The van der Waals surface area contributed by atoms with Gasteiger partial charge in [-0.15, -0.1) is 0 Å². The van der Waals surface area contributed by atoms with Crippen LogP contribution in [0.1, 0.15) is 30.9 Å². The molecule has 2 unspecified atom stereocenters. The molecule has 4 heteroatoms. The quantitative estimate of drug-likeness (QED) is 0.850. The summed E-state index contributed by atoms with van der Waals surface area (Å²) in [5, 5.41) is 10.3. The molecule has 1 fully saturated rings. The Morgan fingerprint density at radius 1 is 1.39 bits per heavy atom. The summed E-state index contributed by atoms with van der Waals surface area (Å²) in [6, 6.07) is 5.89. The predicted molar refractivity (Wildman–Crippen MR) is 78.2 cm³/mol. The van der Waals surface area contributed by atoms with Gasteiger partial charge < -0.3 is 9.84 Å². The van der Waals surface area contributed by atoms with Crippen molar-refractivity contribution in [3.05, 3.63) is 28.2 Å². The Balaban J connectivity index is 1.81. The van der Waals surface area contributed by atoms with Crippen LogP contribution in [0.4, 0.5) is 0 Å². The van der Waals surface area contributed by atoms with Gasteiger partial charge in [0.2, 0.25) is 0 Å². The van der Waals surface area contributed by atoms with Gasteiger partial charge >= 0.3 is 0 Å². The summed E-state index contributed by atoms with van der Waals surface area (Å²) in [4.78, 5) is 0. The molecule has 0 amide bonds. The van der Waals surface area contributed by atoms with E-state index >= 15 is 0 Å². The fourth-order valence-electron chi connectivity index (χ4n) is 2.79. The van der Waals surface area contributed by atoms with Crippen LogP contribution in [0.5, 0.6) is 5.75 Å². The largest absolute Gasteiger partial charge is 0.490 e. The minimum Gasteiger partial charge on any atom is -0.490 e. The third kappa shape index (κ3) is 2.56.